The third kappa shape index (κ3) is 4.94. The Labute approximate surface area is 138 Å². The summed E-state index contributed by atoms with van der Waals surface area (Å²) in [7, 11) is 0. The third-order valence-corrected chi connectivity index (χ3v) is 3.46. The van der Waals surface area contributed by atoms with E-state index in [2.05, 4.69) is 5.32 Å². The van der Waals surface area contributed by atoms with Gasteiger partial charge < -0.3 is 15.2 Å². The van der Waals surface area contributed by atoms with Crippen molar-refractivity contribution in [2.24, 2.45) is 0 Å². The molecule has 6 heteroatoms. The molecule has 1 amide bonds. The number of halogens is 2. The van der Waals surface area contributed by atoms with Crippen LogP contribution in [0.3, 0.4) is 0 Å². The van der Waals surface area contributed by atoms with Crippen LogP contribution in [-0.2, 0) is 17.9 Å². The van der Waals surface area contributed by atoms with Gasteiger partial charge in [-0.25, -0.2) is 4.39 Å². The molecular formula is C17H17ClFNO3. The number of carbonyl (C=O) groups is 1. The molecule has 0 fully saturated rings. The summed E-state index contributed by atoms with van der Waals surface area (Å²) in [5.74, 6) is -0.274. The average Bonchev–Trinajstić information content (AvgIpc) is 2.53. The van der Waals surface area contributed by atoms with Gasteiger partial charge in [-0.15, -0.1) is 0 Å². The Morgan fingerprint density at radius 1 is 1.35 bits per heavy atom. The number of ether oxygens (including phenoxy) is 1. The molecule has 0 saturated carbocycles. The highest BCUT2D eigenvalue weighted by Gasteiger charge is 2.14. The standard InChI is InChI=1S/C17H17ClFNO3/c1-11(23-15-4-2-3-14(18)8-15)17(22)20-9-12-5-6-16(19)13(7-12)10-21/h2-8,11,21H,9-10H2,1H3,(H,20,22). The largest absolute Gasteiger partial charge is 0.481 e. The Balaban J connectivity index is 1.91. The van der Waals surface area contributed by atoms with Gasteiger partial charge in [0.1, 0.15) is 11.6 Å². The van der Waals surface area contributed by atoms with Crippen LogP contribution >= 0.6 is 11.6 Å². The number of hydrogen-bond acceptors (Lipinski definition) is 3. The second-order valence-corrected chi connectivity index (χ2v) is 5.46. The summed E-state index contributed by atoms with van der Waals surface area (Å²) < 4.78 is 18.8. The van der Waals surface area contributed by atoms with E-state index in [0.29, 0.717) is 16.3 Å². The second kappa shape index (κ2) is 7.94. The number of hydrogen-bond donors (Lipinski definition) is 2. The van der Waals surface area contributed by atoms with Gasteiger partial charge in [-0.3, -0.25) is 4.79 Å². The summed E-state index contributed by atoms with van der Waals surface area (Å²) in [6.45, 7) is 1.46. The molecule has 1 atom stereocenters. The Bertz CT molecular complexity index is 693. The Morgan fingerprint density at radius 3 is 2.83 bits per heavy atom. The zero-order chi connectivity index (χ0) is 16.8. The monoisotopic (exact) mass is 337 g/mol. The molecule has 0 heterocycles. The van der Waals surface area contributed by atoms with E-state index in [-0.39, 0.29) is 24.6 Å². The van der Waals surface area contributed by atoms with E-state index in [1.165, 1.54) is 12.1 Å². The summed E-state index contributed by atoms with van der Waals surface area (Å²) in [5.41, 5.74) is 0.888. The van der Waals surface area contributed by atoms with Gasteiger partial charge in [0.2, 0.25) is 0 Å². The molecule has 0 aliphatic heterocycles. The summed E-state index contributed by atoms with van der Waals surface area (Å²) >= 11 is 5.86. The van der Waals surface area contributed by atoms with Gasteiger partial charge in [0, 0.05) is 17.1 Å². The van der Waals surface area contributed by atoms with Gasteiger partial charge >= 0.3 is 0 Å². The lowest BCUT2D eigenvalue weighted by Gasteiger charge is -2.15. The number of rotatable bonds is 6. The fourth-order valence-electron chi connectivity index (χ4n) is 1.99. The lowest BCUT2D eigenvalue weighted by molar-refractivity contribution is -0.127. The van der Waals surface area contributed by atoms with E-state index < -0.39 is 11.9 Å². The maximum atomic E-state index is 13.3. The fourth-order valence-corrected chi connectivity index (χ4v) is 2.17. The summed E-state index contributed by atoms with van der Waals surface area (Å²) in [4.78, 5) is 12.0. The zero-order valence-corrected chi connectivity index (χ0v) is 13.3. The SMILES string of the molecule is CC(Oc1cccc(Cl)c1)C(=O)NCc1ccc(F)c(CO)c1. The predicted molar refractivity (Wildman–Crippen MR) is 85.7 cm³/mol. The van der Waals surface area contributed by atoms with Crippen LogP contribution in [-0.4, -0.2) is 17.1 Å². The van der Waals surface area contributed by atoms with Crippen molar-refractivity contribution in [2.45, 2.75) is 26.2 Å². The number of aliphatic hydroxyl groups is 1. The Hall–Kier alpha value is -2.11. The van der Waals surface area contributed by atoms with Crippen molar-refractivity contribution in [3.8, 4) is 5.75 Å². The van der Waals surface area contributed by atoms with Crippen molar-refractivity contribution in [1.29, 1.82) is 0 Å². The van der Waals surface area contributed by atoms with E-state index in [9.17, 15) is 9.18 Å². The molecule has 2 aromatic rings. The Kier molecular flexibility index (Phi) is 5.96. The van der Waals surface area contributed by atoms with E-state index in [1.807, 2.05) is 0 Å². The number of benzene rings is 2. The van der Waals surface area contributed by atoms with Crippen molar-refractivity contribution < 1.29 is 19.0 Å². The maximum absolute atomic E-state index is 13.3. The fraction of sp³-hybridized carbons (Fsp3) is 0.235. The first kappa shape index (κ1) is 17.2. The molecule has 1 unspecified atom stereocenters. The minimum atomic E-state index is -0.703. The Morgan fingerprint density at radius 2 is 2.13 bits per heavy atom. The molecule has 0 saturated heterocycles. The lowest BCUT2D eigenvalue weighted by atomic mass is 10.1. The maximum Gasteiger partial charge on any atom is 0.261 e. The molecule has 2 rings (SSSR count). The van der Waals surface area contributed by atoms with Crippen molar-refractivity contribution >= 4 is 17.5 Å². The minimum absolute atomic E-state index is 0.194. The van der Waals surface area contributed by atoms with Crippen LogP contribution in [0.4, 0.5) is 4.39 Å². The molecule has 122 valence electrons. The summed E-state index contributed by atoms with van der Waals surface area (Å²) in [6, 6.07) is 11.1. The number of amides is 1. The van der Waals surface area contributed by atoms with Gasteiger partial charge in [0.05, 0.1) is 6.61 Å². The molecule has 2 N–H and O–H groups in total. The first-order chi connectivity index (χ1) is 11.0. The van der Waals surface area contributed by atoms with Gasteiger partial charge in [-0.2, -0.15) is 0 Å². The normalized spacial score (nSPS) is 11.8. The number of nitrogens with one attached hydrogen (secondary N) is 1. The van der Waals surface area contributed by atoms with Crippen LogP contribution in [0.2, 0.25) is 5.02 Å². The summed E-state index contributed by atoms with van der Waals surface area (Å²) in [6.07, 6.45) is -0.703. The van der Waals surface area contributed by atoms with Gasteiger partial charge in [0.25, 0.3) is 5.91 Å². The van der Waals surface area contributed by atoms with Crippen LogP contribution in [0.15, 0.2) is 42.5 Å². The van der Waals surface area contributed by atoms with Crippen molar-refractivity contribution in [3.05, 3.63) is 64.4 Å². The van der Waals surface area contributed by atoms with Crippen molar-refractivity contribution in [1.82, 2.24) is 5.32 Å². The van der Waals surface area contributed by atoms with E-state index in [1.54, 1.807) is 37.3 Å². The first-order valence-corrected chi connectivity index (χ1v) is 7.45. The van der Waals surface area contributed by atoms with Crippen LogP contribution < -0.4 is 10.1 Å². The quantitative estimate of drug-likeness (QED) is 0.851. The third-order valence-electron chi connectivity index (χ3n) is 3.23. The molecular weight excluding hydrogens is 321 g/mol. The van der Waals surface area contributed by atoms with E-state index in [0.717, 1.165) is 0 Å². The second-order valence-electron chi connectivity index (χ2n) is 5.02. The predicted octanol–water partition coefficient (Wildman–Crippen LogP) is 3.06. The highest BCUT2D eigenvalue weighted by Crippen LogP contribution is 2.18. The first-order valence-electron chi connectivity index (χ1n) is 7.07. The highest BCUT2D eigenvalue weighted by molar-refractivity contribution is 6.30. The van der Waals surface area contributed by atoms with Crippen LogP contribution in [0, 0.1) is 5.82 Å². The number of aliphatic hydroxyl groups excluding tert-OH is 1. The lowest BCUT2D eigenvalue weighted by Crippen LogP contribution is -2.35. The number of carbonyl (C=O) groups excluding carboxylic acids is 1. The van der Waals surface area contributed by atoms with Gasteiger partial charge in [-0.1, -0.05) is 23.7 Å². The molecule has 0 bridgehead atoms. The summed E-state index contributed by atoms with van der Waals surface area (Å²) in [5, 5.41) is 12.3. The molecule has 23 heavy (non-hydrogen) atoms. The van der Waals surface area contributed by atoms with Crippen LogP contribution in [0.1, 0.15) is 18.1 Å². The van der Waals surface area contributed by atoms with E-state index >= 15 is 0 Å². The minimum Gasteiger partial charge on any atom is -0.481 e. The molecule has 0 spiro atoms. The topological polar surface area (TPSA) is 58.6 Å². The molecule has 2 aromatic carbocycles. The average molecular weight is 338 g/mol. The zero-order valence-electron chi connectivity index (χ0n) is 12.6. The smallest absolute Gasteiger partial charge is 0.261 e. The van der Waals surface area contributed by atoms with Crippen molar-refractivity contribution in [2.75, 3.05) is 0 Å². The van der Waals surface area contributed by atoms with Crippen LogP contribution in [0.5, 0.6) is 5.75 Å². The molecule has 0 aromatic heterocycles. The molecule has 4 nitrogen and oxygen atoms in total. The molecule has 0 radical (unpaired) electrons. The molecule has 0 aliphatic rings. The molecule has 0 aliphatic carbocycles. The highest BCUT2D eigenvalue weighted by atomic mass is 35.5. The van der Waals surface area contributed by atoms with Crippen molar-refractivity contribution in [3.63, 3.8) is 0 Å². The van der Waals surface area contributed by atoms with Gasteiger partial charge in [0.15, 0.2) is 6.10 Å². The van der Waals surface area contributed by atoms with E-state index in [4.69, 9.17) is 21.4 Å². The van der Waals surface area contributed by atoms with Gasteiger partial charge in [-0.05, 0) is 42.8 Å². The van der Waals surface area contributed by atoms with Crippen LogP contribution in [0.25, 0.3) is 0 Å².